The maximum atomic E-state index is 13.5. The Labute approximate surface area is 202 Å². The molecule has 4 aromatic rings. The van der Waals surface area contributed by atoms with Crippen LogP contribution in [0.4, 0.5) is 5.69 Å². The van der Waals surface area contributed by atoms with Crippen molar-refractivity contribution in [1.82, 2.24) is 18.7 Å². The lowest BCUT2D eigenvalue weighted by Crippen LogP contribution is -2.43. The Morgan fingerprint density at radius 1 is 1.03 bits per heavy atom. The van der Waals surface area contributed by atoms with E-state index in [4.69, 9.17) is 0 Å². The van der Waals surface area contributed by atoms with Crippen LogP contribution in [0.15, 0.2) is 64.4 Å². The Morgan fingerprint density at radius 3 is 2.63 bits per heavy atom. The second-order valence-electron chi connectivity index (χ2n) is 9.09. The average Bonchev–Trinajstić information content (AvgIpc) is 3.49. The van der Waals surface area contributed by atoms with Gasteiger partial charge in [0.1, 0.15) is 6.54 Å². The van der Waals surface area contributed by atoms with Crippen LogP contribution >= 0.6 is 0 Å². The number of hydrogen-bond acceptors (Lipinski definition) is 4. The van der Waals surface area contributed by atoms with E-state index in [1.54, 1.807) is 10.9 Å². The summed E-state index contributed by atoms with van der Waals surface area (Å²) in [4.78, 5) is 44.2. The lowest BCUT2D eigenvalue weighted by Gasteiger charge is -2.13. The van der Waals surface area contributed by atoms with Gasteiger partial charge in [-0.3, -0.25) is 14.2 Å². The molecule has 0 unspecified atom stereocenters. The van der Waals surface area contributed by atoms with E-state index >= 15 is 0 Å². The van der Waals surface area contributed by atoms with Crippen molar-refractivity contribution >= 4 is 22.8 Å². The largest absolute Gasteiger partial charge is 0.333 e. The Bertz CT molecular complexity index is 1500. The molecule has 8 nitrogen and oxygen atoms in total. The molecule has 5 rings (SSSR count). The van der Waals surface area contributed by atoms with Crippen molar-refractivity contribution in [1.29, 1.82) is 0 Å². The molecule has 1 amide bonds. The molecule has 2 aromatic carbocycles. The van der Waals surface area contributed by atoms with Crippen molar-refractivity contribution in [2.45, 2.75) is 58.7 Å². The van der Waals surface area contributed by atoms with Gasteiger partial charge in [-0.1, -0.05) is 49.7 Å². The smallest absolute Gasteiger partial charge is 0.325 e. The van der Waals surface area contributed by atoms with E-state index in [9.17, 15) is 14.4 Å². The number of nitrogens with zero attached hydrogens (tertiary/aromatic N) is 4. The SMILES string of the molecule is CCCCn1c(=O)n(CC(=O)Nc2ccc3c(c2)CCC3)c(=O)c2c1ncn2Cc1ccccc1. The number of aryl methyl sites for hydroxylation is 3. The molecular weight excluding hydrogens is 442 g/mol. The molecule has 2 aromatic heterocycles. The molecule has 0 fully saturated rings. The van der Waals surface area contributed by atoms with Crippen LogP contribution in [-0.4, -0.2) is 24.6 Å². The summed E-state index contributed by atoms with van der Waals surface area (Å²) >= 11 is 0. The van der Waals surface area contributed by atoms with Crippen LogP contribution in [0, 0.1) is 0 Å². The topological polar surface area (TPSA) is 90.9 Å². The van der Waals surface area contributed by atoms with Gasteiger partial charge in [-0.05, 0) is 54.5 Å². The van der Waals surface area contributed by atoms with Crippen LogP contribution in [0.5, 0.6) is 0 Å². The van der Waals surface area contributed by atoms with Crippen LogP contribution < -0.4 is 16.6 Å². The van der Waals surface area contributed by atoms with E-state index in [-0.39, 0.29) is 6.54 Å². The summed E-state index contributed by atoms with van der Waals surface area (Å²) in [6, 6.07) is 15.7. The summed E-state index contributed by atoms with van der Waals surface area (Å²) in [5.41, 5.74) is 3.93. The first-order valence-electron chi connectivity index (χ1n) is 12.2. The average molecular weight is 472 g/mol. The molecule has 1 aliphatic rings. The summed E-state index contributed by atoms with van der Waals surface area (Å²) in [5.74, 6) is -0.405. The van der Waals surface area contributed by atoms with E-state index < -0.39 is 17.2 Å². The van der Waals surface area contributed by atoms with Crippen molar-refractivity contribution in [3.63, 3.8) is 0 Å². The Balaban J connectivity index is 1.51. The van der Waals surface area contributed by atoms with Crippen molar-refractivity contribution in [3.05, 3.63) is 92.4 Å². The molecular formula is C27H29N5O3. The normalized spacial score (nSPS) is 12.7. The number of fused-ring (bicyclic) bond motifs is 2. The molecule has 0 saturated carbocycles. The summed E-state index contributed by atoms with van der Waals surface area (Å²) < 4.78 is 4.30. The van der Waals surface area contributed by atoms with E-state index in [1.165, 1.54) is 15.7 Å². The van der Waals surface area contributed by atoms with Gasteiger partial charge in [0.15, 0.2) is 11.2 Å². The van der Waals surface area contributed by atoms with E-state index in [0.717, 1.165) is 42.2 Å². The number of anilines is 1. The fourth-order valence-electron chi connectivity index (χ4n) is 4.79. The Morgan fingerprint density at radius 2 is 1.83 bits per heavy atom. The summed E-state index contributed by atoms with van der Waals surface area (Å²) in [6.45, 7) is 2.56. The first-order chi connectivity index (χ1) is 17.0. The number of benzene rings is 2. The fraction of sp³-hybridized carbons (Fsp3) is 0.333. The number of rotatable bonds is 8. The van der Waals surface area contributed by atoms with Gasteiger partial charge in [-0.25, -0.2) is 14.3 Å². The molecule has 1 aliphatic carbocycles. The number of hydrogen-bond donors (Lipinski definition) is 1. The highest BCUT2D eigenvalue weighted by molar-refractivity contribution is 5.90. The summed E-state index contributed by atoms with van der Waals surface area (Å²) in [7, 11) is 0. The van der Waals surface area contributed by atoms with Crippen LogP contribution in [0.1, 0.15) is 42.9 Å². The maximum absolute atomic E-state index is 13.5. The van der Waals surface area contributed by atoms with E-state index in [0.29, 0.717) is 29.9 Å². The highest BCUT2D eigenvalue weighted by Crippen LogP contribution is 2.24. The van der Waals surface area contributed by atoms with Crippen LogP contribution in [-0.2, 0) is 37.3 Å². The number of amides is 1. The summed E-state index contributed by atoms with van der Waals surface area (Å²) in [6.07, 6.45) is 6.43. The highest BCUT2D eigenvalue weighted by atomic mass is 16.2. The second kappa shape index (κ2) is 9.74. The van der Waals surface area contributed by atoms with Gasteiger partial charge < -0.3 is 9.88 Å². The fourth-order valence-corrected chi connectivity index (χ4v) is 4.79. The van der Waals surface area contributed by atoms with Crippen molar-refractivity contribution < 1.29 is 4.79 Å². The predicted octanol–water partition coefficient (Wildman–Crippen LogP) is 3.34. The minimum Gasteiger partial charge on any atom is -0.325 e. The van der Waals surface area contributed by atoms with Gasteiger partial charge >= 0.3 is 5.69 Å². The van der Waals surface area contributed by atoms with Crippen LogP contribution in [0.2, 0.25) is 0 Å². The molecule has 0 aliphatic heterocycles. The molecule has 35 heavy (non-hydrogen) atoms. The van der Waals surface area contributed by atoms with Gasteiger partial charge in [0.05, 0.1) is 6.33 Å². The van der Waals surface area contributed by atoms with Crippen LogP contribution in [0.3, 0.4) is 0 Å². The van der Waals surface area contributed by atoms with Gasteiger partial charge in [0, 0.05) is 18.8 Å². The molecule has 0 bridgehead atoms. The Kier molecular flexibility index (Phi) is 6.35. The number of carbonyl (C=O) groups is 1. The highest BCUT2D eigenvalue weighted by Gasteiger charge is 2.20. The Hall–Kier alpha value is -3.94. The number of carbonyl (C=O) groups excluding carboxylic acids is 1. The van der Waals surface area contributed by atoms with Crippen LogP contribution in [0.25, 0.3) is 11.2 Å². The zero-order valence-corrected chi connectivity index (χ0v) is 19.9. The molecule has 1 N–H and O–H groups in total. The van der Waals surface area contributed by atoms with Gasteiger partial charge in [0.2, 0.25) is 5.91 Å². The molecule has 180 valence electrons. The third-order valence-corrected chi connectivity index (χ3v) is 6.60. The second-order valence-corrected chi connectivity index (χ2v) is 9.09. The molecule has 0 saturated heterocycles. The zero-order valence-electron chi connectivity index (χ0n) is 19.9. The van der Waals surface area contributed by atoms with Gasteiger partial charge in [-0.2, -0.15) is 0 Å². The lowest BCUT2D eigenvalue weighted by atomic mass is 10.1. The lowest BCUT2D eigenvalue weighted by molar-refractivity contribution is -0.116. The minimum absolute atomic E-state index is 0.329. The van der Waals surface area contributed by atoms with E-state index in [1.807, 2.05) is 55.5 Å². The molecule has 8 heteroatoms. The summed E-state index contributed by atoms with van der Waals surface area (Å²) in [5, 5.41) is 2.86. The molecule has 0 atom stereocenters. The van der Waals surface area contributed by atoms with Crippen molar-refractivity contribution in [2.75, 3.05) is 5.32 Å². The number of aromatic nitrogens is 4. The quantitative estimate of drug-likeness (QED) is 0.427. The third-order valence-electron chi connectivity index (χ3n) is 6.60. The van der Waals surface area contributed by atoms with Crippen molar-refractivity contribution in [3.8, 4) is 0 Å². The van der Waals surface area contributed by atoms with Gasteiger partial charge in [0.25, 0.3) is 5.56 Å². The minimum atomic E-state index is -0.509. The monoisotopic (exact) mass is 471 g/mol. The van der Waals surface area contributed by atoms with E-state index in [2.05, 4.69) is 10.3 Å². The number of imidazole rings is 1. The molecule has 2 heterocycles. The maximum Gasteiger partial charge on any atom is 0.333 e. The molecule has 0 radical (unpaired) electrons. The predicted molar refractivity (Wildman–Crippen MR) is 136 cm³/mol. The number of unbranched alkanes of at least 4 members (excludes halogenated alkanes) is 1. The zero-order chi connectivity index (χ0) is 24.4. The number of nitrogens with one attached hydrogen (secondary N) is 1. The first-order valence-corrected chi connectivity index (χ1v) is 12.2. The first kappa shape index (κ1) is 22.8. The van der Waals surface area contributed by atoms with Gasteiger partial charge in [-0.15, -0.1) is 0 Å². The van der Waals surface area contributed by atoms with Crippen molar-refractivity contribution in [2.24, 2.45) is 0 Å². The third kappa shape index (κ3) is 4.56. The standard InChI is InChI=1S/C27H29N5O3/c1-2-3-14-31-25-24(30(18-28-25)16-19-8-5-4-6-9-19)26(34)32(27(31)35)17-23(33)29-22-13-12-20-10-7-11-21(20)15-22/h4-6,8-9,12-13,15,18H,2-3,7,10-11,14,16-17H2,1H3,(H,29,33). The molecule has 0 spiro atoms.